The van der Waals surface area contributed by atoms with Crippen LogP contribution >= 0.6 is 27.3 Å². The van der Waals surface area contributed by atoms with Gasteiger partial charge in [-0.1, -0.05) is 34.6 Å². The zero-order chi connectivity index (χ0) is 18.1. The number of carbonyl (C=O) groups is 1. The maximum atomic E-state index is 11.6. The second kappa shape index (κ2) is 6.90. The summed E-state index contributed by atoms with van der Waals surface area (Å²) >= 11 is 5.14. The Hall–Kier alpha value is -2.70. The minimum Gasteiger partial charge on any atom is -0.339 e. The number of thiophene rings is 1. The van der Waals surface area contributed by atoms with Crippen molar-refractivity contribution in [3.8, 4) is 0 Å². The lowest BCUT2D eigenvalue weighted by Crippen LogP contribution is -2.07. The van der Waals surface area contributed by atoms with E-state index < -0.39 is 0 Å². The number of fused-ring (bicyclic) bond motifs is 3. The van der Waals surface area contributed by atoms with Crippen LogP contribution in [0.25, 0.3) is 21.0 Å². The molecule has 2 N–H and O–H groups in total. The van der Waals surface area contributed by atoms with Crippen LogP contribution in [-0.2, 0) is 4.79 Å². The van der Waals surface area contributed by atoms with E-state index in [0.717, 1.165) is 37.0 Å². The van der Waals surface area contributed by atoms with Crippen LogP contribution in [-0.4, -0.2) is 10.9 Å². The highest BCUT2D eigenvalue weighted by atomic mass is 79.9. The molecule has 0 atom stereocenters. The molecule has 0 radical (unpaired) electrons. The first-order valence-electron chi connectivity index (χ1n) is 7.91. The third kappa shape index (κ3) is 3.21. The molecule has 26 heavy (non-hydrogen) atoms. The minimum absolute atomic E-state index is 0.242. The van der Waals surface area contributed by atoms with Gasteiger partial charge in [-0.2, -0.15) is 0 Å². The summed E-state index contributed by atoms with van der Waals surface area (Å²) in [5.74, 6) is 0.557. The number of halogens is 1. The van der Waals surface area contributed by atoms with Crippen LogP contribution in [0.2, 0.25) is 0 Å². The fourth-order valence-corrected chi connectivity index (χ4v) is 4.04. The van der Waals surface area contributed by atoms with Crippen molar-refractivity contribution < 1.29 is 4.79 Å². The Morgan fingerprint density at radius 2 is 2.00 bits per heavy atom. The highest BCUT2D eigenvalue weighted by Gasteiger charge is 2.11. The van der Waals surface area contributed by atoms with Gasteiger partial charge in [0.15, 0.2) is 0 Å². The Bertz CT molecular complexity index is 1150. The zero-order valence-corrected chi connectivity index (χ0v) is 16.0. The van der Waals surface area contributed by atoms with E-state index in [4.69, 9.17) is 4.98 Å². The maximum Gasteiger partial charge on any atom is 0.247 e. The lowest BCUT2D eigenvalue weighted by molar-refractivity contribution is -0.111. The quantitative estimate of drug-likeness (QED) is 0.391. The normalized spacial score (nSPS) is 10.8. The van der Waals surface area contributed by atoms with Gasteiger partial charge in [0.25, 0.3) is 0 Å². The molecule has 0 spiro atoms. The summed E-state index contributed by atoms with van der Waals surface area (Å²) in [5.41, 5.74) is 2.46. The number of carbonyl (C=O) groups excluding carboxylic acids is 1. The van der Waals surface area contributed by atoms with Gasteiger partial charge in [-0.25, -0.2) is 4.98 Å². The molecule has 4 aromatic rings. The standard InChI is InChI=1S/C20H14BrN3OS/c1-2-18(25)22-14-6-7-15-16-8-9-26-19(16)20(24-17(15)11-14)23-13-5-3-4-12(21)10-13/h2-11H,1H2,(H,22,25)(H,23,24). The number of aromatic nitrogens is 1. The lowest BCUT2D eigenvalue weighted by Gasteiger charge is -2.11. The summed E-state index contributed by atoms with van der Waals surface area (Å²) in [6.07, 6.45) is 1.25. The van der Waals surface area contributed by atoms with Crippen molar-refractivity contribution in [3.05, 3.63) is 71.0 Å². The Balaban J connectivity index is 1.83. The number of hydrogen-bond acceptors (Lipinski definition) is 4. The topological polar surface area (TPSA) is 54.0 Å². The first-order chi connectivity index (χ1) is 12.6. The van der Waals surface area contributed by atoms with E-state index in [2.05, 4.69) is 44.6 Å². The van der Waals surface area contributed by atoms with Crippen molar-refractivity contribution in [2.24, 2.45) is 0 Å². The van der Waals surface area contributed by atoms with Crippen molar-refractivity contribution in [2.45, 2.75) is 0 Å². The molecule has 0 saturated carbocycles. The van der Waals surface area contributed by atoms with Crippen LogP contribution in [0.4, 0.5) is 17.2 Å². The largest absolute Gasteiger partial charge is 0.339 e. The first-order valence-corrected chi connectivity index (χ1v) is 9.58. The molecule has 0 saturated heterocycles. The van der Waals surface area contributed by atoms with E-state index in [-0.39, 0.29) is 5.91 Å². The lowest BCUT2D eigenvalue weighted by atomic mass is 10.1. The minimum atomic E-state index is -0.242. The Morgan fingerprint density at radius 3 is 2.81 bits per heavy atom. The smallest absolute Gasteiger partial charge is 0.247 e. The average Bonchev–Trinajstić information content (AvgIpc) is 3.12. The van der Waals surface area contributed by atoms with E-state index in [9.17, 15) is 4.79 Å². The molecule has 2 heterocycles. The highest BCUT2D eigenvalue weighted by molar-refractivity contribution is 9.10. The number of rotatable bonds is 4. The van der Waals surface area contributed by atoms with Crippen LogP contribution < -0.4 is 10.6 Å². The van der Waals surface area contributed by atoms with Gasteiger partial charge in [0.2, 0.25) is 5.91 Å². The molecular formula is C20H14BrN3OS. The molecule has 0 aliphatic carbocycles. The van der Waals surface area contributed by atoms with Crippen molar-refractivity contribution in [1.82, 2.24) is 4.98 Å². The fraction of sp³-hybridized carbons (Fsp3) is 0. The summed E-state index contributed by atoms with van der Waals surface area (Å²) in [7, 11) is 0. The van der Waals surface area contributed by atoms with Gasteiger partial charge in [-0.15, -0.1) is 11.3 Å². The van der Waals surface area contributed by atoms with E-state index in [1.807, 2.05) is 42.5 Å². The Morgan fingerprint density at radius 1 is 1.12 bits per heavy atom. The van der Waals surface area contributed by atoms with Gasteiger partial charge >= 0.3 is 0 Å². The molecule has 2 aromatic heterocycles. The number of pyridine rings is 1. The molecule has 0 bridgehead atoms. The molecule has 6 heteroatoms. The molecule has 128 valence electrons. The number of benzene rings is 2. The number of nitrogens with one attached hydrogen (secondary N) is 2. The summed E-state index contributed by atoms with van der Waals surface area (Å²) in [4.78, 5) is 16.4. The summed E-state index contributed by atoms with van der Waals surface area (Å²) in [6.45, 7) is 3.48. The van der Waals surface area contributed by atoms with Crippen molar-refractivity contribution in [1.29, 1.82) is 0 Å². The average molecular weight is 424 g/mol. The van der Waals surface area contributed by atoms with Crippen LogP contribution in [0.5, 0.6) is 0 Å². The van der Waals surface area contributed by atoms with Crippen LogP contribution in [0.15, 0.2) is 71.0 Å². The fourth-order valence-electron chi connectivity index (χ4n) is 2.79. The molecule has 4 nitrogen and oxygen atoms in total. The van der Waals surface area contributed by atoms with Crippen LogP contribution in [0.1, 0.15) is 0 Å². The summed E-state index contributed by atoms with van der Waals surface area (Å²) < 4.78 is 2.10. The van der Waals surface area contributed by atoms with Gasteiger partial charge in [-0.3, -0.25) is 4.79 Å². The van der Waals surface area contributed by atoms with Gasteiger partial charge in [0.1, 0.15) is 5.82 Å². The monoisotopic (exact) mass is 423 g/mol. The van der Waals surface area contributed by atoms with Gasteiger partial charge in [0.05, 0.1) is 10.2 Å². The highest BCUT2D eigenvalue weighted by Crippen LogP contribution is 2.35. The molecular weight excluding hydrogens is 410 g/mol. The maximum absolute atomic E-state index is 11.6. The predicted molar refractivity (Wildman–Crippen MR) is 113 cm³/mol. The van der Waals surface area contributed by atoms with E-state index >= 15 is 0 Å². The van der Waals surface area contributed by atoms with E-state index in [1.165, 1.54) is 6.08 Å². The third-order valence-electron chi connectivity index (χ3n) is 3.94. The number of nitrogens with zero attached hydrogens (tertiary/aromatic N) is 1. The zero-order valence-electron chi connectivity index (χ0n) is 13.6. The number of hydrogen-bond donors (Lipinski definition) is 2. The summed E-state index contributed by atoms with van der Waals surface area (Å²) in [6, 6.07) is 15.8. The molecule has 0 fully saturated rings. The second-order valence-electron chi connectivity index (χ2n) is 5.68. The van der Waals surface area contributed by atoms with Crippen molar-refractivity contribution in [3.63, 3.8) is 0 Å². The van der Waals surface area contributed by atoms with E-state index in [0.29, 0.717) is 5.69 Å². The molecule has 0 unspecified atom stereocenters. The third-order valence-corrected chi connectivity index (χ3v) is 5.36. The van der Waals surface area contributed by atoms with Gasteiger partial charge in [-0.05, 0) is 47.9 Å². The molecule has 0 aliphatic heterocycles. The number of anilines is 3. The van der Waals surface area contributed by atoms with Gasteiger partial charge in [0, 0.05) is 26.6 Å². The first kappa shape index (κ1) is 16.8. The van der Waals surface area contributed by atoms with Crippen LogP contribution in [0.3, 0.4) is 0 Å². The van der Waals surface area contributed by atoms with Crippen molar-refractivity contribution in [2.75, 3.05) is 10.6 Å². The molecule has 2 aromatic carbocycles. The summed E-state index contributed by atoms with van der Waals surface area (Å²) in [5, 5.41) is 10.4. The Kier molecular flexibility index (Phi) is 4.44. The Labute approximate surface area is 162 Å². The van der Waals surface area contributed by atoms with Crippen LogP contribution in [0, 0.1) is 0 Å². The number of amides is 1. The SMILES string of the molecule is C=CC(=O)Nc1ccc2c(c1)nc(Nc1cccc(Br)c1)c1sccc12. The molecule has 0 aliphatic rings. The molecule has 1 amide bonds. The molecule has 4 rings (SSSR count). The predicted octanol–water partition coefficient (Wildman–Crippen LogP) is 6.08. The van der Waals surface area contributed by atoms with Crippen molar-refractivity contribution >= 4 is 71.4 Å². The van der Waals surface area contributed by atoms with Gasteiger partial charge < -0.3 is 10.6 Å². The van der Waals surface area contributed by atoms with E-state index in [1.54, 1.807) is 11.3 Å². The second-order valence-corrected chi connectivity index (χ2v) is 7.52.